The minimum absolute atomic E-state index is 0.0114. The van der Waals surface area contributed by atoms with Crippen molar-refractivity contribution in [2.24, 2.45) is 0 Å². The predicted molar refractivity (Wildman–Crippen MR) is 166 cm³/mol. The van der Waals surface area contributed by atoms with Crippen LogP contribution in [-0.4, -0.2) is 54.7 Å². The van der Waals surface area contributed by atoms with Crippen molar-refractivity contribution in [3.63, 3.8) is 0 Å². The molecule has 44 heavy (non-hydrogen) atoms. The van der Waals surface area contributed by atoms with E-state index in [9.17, 15) is 18.7 Å². The molecule has 0 fully saturated rings. The monoisotopic (exact) mass is 730 g/mol. The van der Waals surface area contributed by atoms with Crippen LogP contribution in [0.5, 0.6) is 11.5 Å². The number of methoxy groups -OCH3 is 2. The third-order valence-electron chi connectivity index (χ3n) is 6.46. The number of hydrogen-bond donors (Lipinski definition) is 3. The van der Waals surface area contributed by atoms with Gasteiger partial charge in [-0.3, -0.25) is 13.9 Å². The van der Waals surface area contributed by atoms with E-state index in [1.165, 1.54) is 29.6 Å². The molecule has 0 aliphatic heterocycles. The van der Waals surface area contributed by atoms with E-state index in [0.29, 0.717) is 50.7 Å². The average Bonchev–Trinajstić information content (AvgIpc) is 3.57. The molecule has 4 heterocycles. The Labute approximate surface area is 264 Å². The second kappa shape index (κ2) is 12.5. The summed E-state index contributed by atoms with van der Waals surface area (Å²) in [6.45, 7) is -0.219. The number of nitrogen functional groups attached to an aromatic ring is 2. The van der Waals surface area contributed by atoms with Crippen molar-refractivity contribution in [3.8, 4) is 23.1 Å². The van der Waals surface area contributed by atoms with E-state index in [4.69, 9.17) is 20.9 Å². The number of fused-ring (bicyclic) bond motifs is 2. The van der Waals surface area contributed by atoms with E-state index in [2.05, 4.69) is 51.8 Å². The number of aliphatic hydroxyl groups is 1. The Balaban J connectivity index is 0.000000175. The van der Waals surface area contributed by atoms with Crippen LogP contribution in [-0.2, 0) is 6.61 Å². The fourth-order valence-corrected chi connectivity index (χ4v) is 5.50. The van der Waals surface area contributed by atoms with Crippen LogP contribution >= 0.6 is 31.9 Å². The number of carbonyl (C=O) groups excluding carboxylic acids is 1. The quantitative estimate of drug-likeness (QED) is 0.195. The van der Waals surface area contributed by atoms with Gasteiger partial charge in [-0.1, -0.05) is 31.9 Å². The molecule has 12 nitrogen and oxygen atoms in total. The number of ether oxygens (including phenoxy) is 2. The zero-order valence-corrected chi connectivity index (χ0v) is 26.1. The van der Waals surface area contributed by atoms with Crippen molar-refractivity contribution in [2.75, 3.05) is 25.7 Å². The zero-order chi connectivity index (χ0) is 31.7. The van der Waals surface area contributed by atoms with Gasteiger partial charge in [0.05, 0.1) is 49.6 Å². The third-order valence-corrected chi connectivity index (χ3v) is 7.37. The summed E-state index contributed by atoms with van der Waals surface area (Å²) in [5, 5.41) is 10.8. The minimum atomic E-state index is -0.650. The fourth-order valence-electron chi connectivity index (χ4n) is 4.65. The Morgan fingerprint density at radius 3 is 1.80 bits per heavy atom. The van der Waals surface area contributed by atoms with Crippen molar-refractivity contribution in [2.45, 2.75) is 6.61 Å². The van der Waals surface area contributed by atoms with Gasteiger partial charge in [0.25, 0.3) is 0 Å². The van der Waals surface area contributed by atoms with Crippen LogP contribution in [0.25, 0.3) is 33.4 Å². The molecule has 0 saturated heterocycles. The number of halogens is 4. The number of rotatable bonds is 6. The van der Waals surface area contributed by atoms with E-state index in [0.717, 1.165) is 21.3 Å². The summed E-state index contributed by atoms with van der Waals surface area (Å²) in [5.41, 5.74) is 13.2. The van der Waals surface area contributed by atoms with Crippen LogP contribution in [0.1, 0.15) is 15.9 Å². The molecule has 0 bridgehead atoms. The maximum atomic E-state index is 14.1. The number of carbonyl (C=O) groups is 1. The molecule has 0 radical (unpaired) electrons. The lowest BCUT2D eigenvalue weighted by Crippen LogP contribution is -2.04. The van der Waals surface area contributed by atoms with Crippen molar-refractivity contribution in [1.82, 2.24) is 29.1 Å². The van der Waals surface area contributed by atoms with Gasteiger partial charge in [0.15, 0.2) is 29.6 Å². The van der Waals surface area contributed by atoms with E-state index in [1.54, 1.807) is 30.5 Å². The van der Waals surface area contributed by atoms with Gasteiger partial charge in [0.1, 0.15) is 11.5 Å². The van der Waals surface area contributed by atoms with Gasteiger partial charge >= 0.3 is 0 Å². The summed E-state index contributed by atoms with van der Waals surface area (Å²) in [6.07, 6.45) is 5.76. The molecule has 6 aromatic rings. The molecule has 0 saturated carbocycles. The Morgan fingerprint density at radius 1 is 0.841 bits per heavy atom. The Kier molecular flexibility index (Phi) is 8.75. The largest absolute Gasteiger partial charge is 0.496 e. The minimum Gasteiger partial charge on any atom is -0.496 e. The molecule has 0 amide bonds. The van der Waals surface area contributed by atoms with Gasteiger partial charge in [-0.05, 0) is 24.3 Å². The van der Waals surface area contributed by atoms with Gasteiger partial charge in [-0.25, -0.2) is 18.7 Å². The zero-order valence-electron chi connectivity index (χ0n) is 22.9. The lowest BCUT2D eigenvalue weighted by Gasteiger charge is -2.08. The van der Waals surface area contributed by atoms with Crippen molar-refractivity contribution in [1.29, 1.82) is 0 Å². The number of aliphatic hydroxyl groups excluding tert-OH is 1. The van der Waals surface area contributed by atoms with Crippen LogP contribution in [0.15, 0.2) is 58.0 Å². The predicted octanol–water partition coefficient (Wildman–Crippen LogP) is 5.13. The topological polar surface area (TPSA) is 169 Å². The van der Waals surface area contributed by atoms with Gasteiger partial charge in [-0.2, -0.15) is 9.97 Å². The molecular formula is C28H22Br2F2N8O4. The summed E-state index contributed by atoms with van der Waals surface area (Å²) in [5.74, 6) is -0.332. The number of nitrogens with zero attached hydrogens (tertiary/aromatic N) is 6. The first-order chi connectivity index (χ1) is 21.1. The van der Waals surface area contributed by atoms with Gasteiger partial charge in [0, 0.05) is 37.9 Å². The smallest absolute Gasteiger partial charge is 0.222 e. The van der Waals surface area contributed by atoms with Crippen LogP contribution in [0.4, 0.5) is 20.7 Å². The Hall–Kier alpha value is -4.67. The highest BCUT2D eigenvalue weighted by Gasteiger charge is 2.20. The summed E-state index contributed by atoms with van der Waals surface area (Å²) < 4.78 is 43.2. The van der Waals surface area contributed by atoms with Crippen LogP contribution < -0.4 is 20.9 Å². The van der Waals surface area contributed by atoms with E-state index in [-0.39, 0.29) is 30.1 Å². The molecule has 2 aromatic carbocycles. The van der Waals surface area contributed by atoms with E-state index >= 15 is 0 Å². The molecule has 226 valence electrons. The highest BCUT2D eigenvalue weighted by molar-refractivity contribution is 9.10. The Bertz CT molecular complexity index is 2050. The van der Waals surface area contributed by atoms with Crippen LogP contribution in [0.2, 0.25) is 0 Å². The van der Waals surface area contributed by atoms with Gasteiger partial charge in [-0.15, -0.1) is 0 Å². The Morgan fingerprint density at radius 2 is 1.32 bits per heavy atom. The second-order valence-corrected chi connectivity index (χ2v) is 10.9. The first-order valence-corrected chi connectivity index (χ1v) is 14.1. The normalized spacial score (nSPS) is 11.0. The number of aldehydes is 1. The van der Waals surface area contributed by atoms with E-state index < -0.39 is 11.6 Å². The summed E-state index contributed by atoms with van der Waals surface area (Å²) in [4.78, 5) is 26.4. The van der Waals surface area contributed by atoms with E-state index in [1.807, 2.05) is 0 Å². The molecule has 16 heteroatoms. The summed E-state index contributed by atoms with van der Waals surface area (Å²) in [6, 6.07) is 7.03. The summed E-state index contributed by atoms with van der Waals surface area (Å²) in [7, 11) is 3.03. The van der Waals surface area contributed by atoms with Gasteiger partial charge < -0.3 is 26.0 Å². The molecule has 6 rings (SSSR count). The number of nitrogens with two attached hydrogens (primary N) is 2. The first-order valence-electron chi connectivity index (χ1n) is 12.5. The molecule has 0 aliphatic rings. The van der Waals surface area contributed by atoms with Crippen molar-refractivity contribution < 1.29 is 28.2 Å². The highest BCUT2D eigenvalue weighted by atomic mass is 79.9. The number of anilines is 2. The number of aromatic nitrogens is 6. The molecule has 0 spiro atoms. The molecule has 0 atom stereocenters. The SMILES string of the molecule is COc1cc(Br)cc2c1c(C=O)cn2-c1nc(N)ncc1F.COc1cc(Br)cc2c1c(CO)cn2-c1nc(N)ncc1F. The summed E-state index contributed by atoms with van der Waals surface area (Å²) >= 11 is 6.75. The molecule has 5 N–H and O–H groups in total. The molecule has 0 aliphatic carbocycles. The lowest BCUT2D eigenvalue weighted by atomic mass is 10.1. The molecule has 4 aromatic heterocycles. The second-order valence-electron chi connectivity index (χ2n) is 9.06. The standard InChI is InChI=1S/C14H12BrFN4O2.C14H10BrFN4O2/c2*1-22-11-3-8(15)2-10-12(11)7(6-21)5-20(10)13-9(16)4-18-14(17)19-13/h2-5,21H,6H2,1H3,(H2,17,18,19);2-6H,1H3,(H2,17,18,19). The maximum absolute atomic E-state index is 14.1. The number of benzene rings is 2. The average molecular weight is 732 g/mol. The molecular weight excluding hydrogens is 710 g/mol. The van der Waals surface area contributed by atoms with Crippen molar-refractivity contribution in [3.05, 3.63) is 80.8 Å². The fraction of sp³-hybridized carbons (Fsp3) is 0.107. The van der Waals surface area contributed by atoms with Gasteiger partial charge in [0.2, 0.25) is 11.9 Å². The lowest BCUT2D eigenvalue weighted by molar-refractivity contribution is 0.112. The molecule has 0 unspecified atom stereocenters. The first kappa shape index (κ1) is 30.8. The van der Waals surface area contributed by atoms with Crippen molar-refractivity contribution >= 4 is 71.8 Å². The highest BCUT2D eigenvalue weighted by Crippen LogP contribution is 2.37. The van der Waals surface area contributed by atoms with Crippen LogP contribution in [0.3, 0.4) is 0 Å². The third kappa shape index (κ3) is 5.66. The number of hydrogen-bond acceptors (Lipinski definition) is 10. The van der Waals surface area contributed by atoms with Crippen LogP contribution in [0, 0.1) is 11.6 Å². The maximum Gasteiger partial charge on any atom is 0.222 e.